The summed E-state index contributed by atoms with van der Waals surface area (Å²) < 4.78 is 11.8. The number of benzene rings is 1. The van der Waals surface area contributed by atoms with E-state index in [0.717, 1.165) is 5.56 Å². The van der Waals surface area contributed by atoms with Crippen LogP contribution in [0.3, 0.4) is 0 Å². The number of nitrogens with zero attached hydrogens (tertiary/aromatic N) is 3. The second-order valence-corrected chi connectivity index (χ2v) is 15.0. The van der Waals surface area contributed by atoms with Crippen LogP contribution in [-0.2, 0) is 39.9 Å². The first-order valence-corrected chi connectivity index (χ1v) is 18.4. The number of hydrogen-bond acceptors (Lipinski definition) is 8. The van der Waals surface area contributed by atoms with E-state index >= 15 is 0 Å². The van der Waals surface area contributed by atoms with Gasteiger partial charge in [0.25, 0.3) is 0 Å². The zero-order chi connectivity index (χ0) is 38.6. The van der Waals surface area contributed by atoms with Crippen LogP contribution >= 0.6 is 0 Å². The molecule has 51 heavy (non-hydrogen) atoms. The van der Waals surface area contributed by atoms with Crippen LogP contribution in [0.15, 0.2) is 30.3 Å². The second kappa shape index (κ2) is 20.6. The van der Waals surface area contributed by atoms with Crippen molar-refractivity contribution in [2.24, 2.45) is 23.7 Å². The normalized spacial score (nSPS) is 19.0. The van der Waals surface area contributed by atoms with Gasteiger partial charge in [0.05, 0.1) is 49.2 Å². The fraction of sp³-hybridized carbons (Fsp3) is 0.718. The third kappa shape index (κ3) is 11.8. The number of ether oxygens (including phenoxy) is 2. The first kappa shape index (κ1) is 43.8. The van der Waals surface area contributed by atoms with Gasteiger partial charge in [-0.3, -0.25) is 28.9 Å². The zero-order valence-corrected chi connectivity index (χ0v) is 33.1. The van der Waals surface area contributed by atoms with Crippen LogP contribution in [0.4, 0.5) is 0 Å². The summed E-state index contributed by atoms with van der Waals surface area (Å²) >= 11 is 0. The van der Waals surface area contributed by atoms with Gasteiger partial charge in [-0.2, -0.15) is 0 Å². The fourth-order valence-corrected chi connectivity index (χ4v) is 7.39. The van der Waals surface area contributed by atoms with E-state index in [9.17, 15) is 24.0 Å². The molecule has 2 rings (SSSR count). The molecule has 1 heterocycles. The van der Waals surface area contributed by atoms with Gasteiger partial charge in [-0.05, 0) is 43.8 Å². The number of carbonyl (C=O) groups excluding carboxylic acids is 5. The first-order chi connectivity index (χ1) is 24.0. The highest BCUT2D eigenvalue weighted by Gasteiger charge is 2.45. The average molecular weight is 716 g/mol. The molecule has 1 saturated heterocycles. The van der Waals surface area contributed by atoms with E-state index in [0.29, 0.717) is 19.4 Å². The quantitative estimate of drug-likeness (QED) is 0.210. The molecule has 4 amide bonds. The highest BCUT2D eigenvalue weighted by atomic mass is 16.5. The molecule has 12 nitrogen and oxygen atoms in total. The Kier molecular flexibility index (Phi) is 17.7. The number of likely N-dealkylation sites (N-methyl/N-ethyl adjacent to an activating group) is 2. The van der Waals surface area contributed by atoms with E-state index in [4.69, 9.17) is 9.47 Å². The van der Waals surface area contributed by atoms with Gasteiger partial charge in [0.1, 0.15) is 6.04 Å². The van der Waals surface area contributed by atoms with Crippen LogP contribution in [0, 0.1) is 23.7 Å². The lowest BCUT2D eigenvalue weighted by atomic mass is 9.89. The molecule has 8 atom stereocenters. The summed E-state index contributed by atoms with van der Waals surface area (Å²) in [6.07, 6.45) is -0.0359. The highest BCUT2D eigenvalue weighted by molar-refractivity contribution is 5.92. The van der Waals surface area contributed by atoms with Gasteiger partial charge in [0.2, 0.25) is 23.6 Å². The minimum absolute atomic E-state index is 0.0356. The zero-order valence-electron chi connectivity index (χ0n) is 33.1. The van der Waals surface area contributed by atoms with Crippen molar-refractivity contribution in [2.45, 2.75) is 111 Å². The lowest BCUT2D eigenvalue weighted by Gasteiger charge is -2.41. The monoisotopic (exact) mass is 715 g/mol. The summed E-state index contributed by atoms with van der Waals surface area (Å²) in [6.45, 7) is 13.9. The smallest absolute Gasteiger partial charge is 0.245 e. The molecule has 1 fully saturated rings. The predicted molar refractivity (Wildman–Crippen MR) is 199 cm³/mol. The number of ketones is 1. The SMILES string of the molecule is CC[C@H](C)[C@@H]([C@H](CC(=O)N1CC(=O)C[C@@H]1[C@H](OC)[C@@H](C)C(=O)NCCc1ccccc1)OC)N(C)C(=O)[C@@H](NC(=O)[C@H](C(C)C)N(C)C)C(C)C. The molecule has 1 aliphatic rings. The Morgan fingerprint density at radius 1 is 0.922 bits per heavy atom. The van der Waals surface area contributed by atoms with Gasteiger partial charge in [0.15, 0.2) is 5.78 Å². The third-order valence-electron chi connectivity index (χ3n) is 10.4. The number of amides is 4. The van der Waals surface area contributed by atoms with E-state index in [1.54, 1.807) is 18.9 Å². The van der Waals surface area contributed by atoms with E-state index in [1.165, 1.54) is 19.1 Å². The molecule has 0 bridgehead atoms. The summed E-state index contributed by atoms with van der Waals surface area (Å²) in [7, 11) is 8.40. The maximum atomic E-state index is 14.2. The maximum absolute atomic E-state index is 14.2. The Hall–Kier alpha value is -3.35. The van der Waals surface area contributed by atoms with Gasteiger partial charge >= 0.3 is 0 Å². The number of likely N-dealkylation sites (tertiary alicyclic amines) is 1. The number of rotatable bonds is 20. The van der Waals surface area contributed by atoms with E-state index in [2.05, 4.69) is 10.6 Å². The summed E-state index contributed by atoms with van der Waals surface area (Å²) in [5.74, 6) is -1.97. The minimum Gasteiger partial charge on any atom is -0.379 e. The molecular weight excluding hydrogens is 650 g/mol. The maximum Gasteiger partial charge on any atom is 0.245 e. The standard InChI is InChI=1S/C39H65N5O7/c1-13-26(6)35(43(10)39(49)33(24(2)3)41-38(48)34(25(4)5)42(8)9)31(50-11)22-32(46)44-23-29(45)21-30(44)36(51-12)27(7)37(47)40-20-19-28-17-15-14-16-18-28/h14-18,24-27,30-31,33-36H,13,19-23H2,1-12H3,(H,40,47)(H,41,48)/t26-,27+,30+,31-,33-,34-,35-,36+/m0/s1. The Morgan fingerprint density at radius 2 is 1.55 bits per heavy atom. The van der Waals surface area contributed by atoms with Crippen molar-refractivity contribution >= 4 is 29.4 Å². The van der Waals surface area contributed by atoms with Crippen LogP contribution in [-0.4, -0.2) is 129 Å². The molecule has 0 aliphatic carbocycles. The van der Waals surface area contributed by atoms with Gasteiger partial charge in [-0.25, -0.2) is 0 Å². The topological polar surface area (TPSA) is 138 Å². The van der Waals surface area contributed by atoms with Crippen LogP contribution in [0.25, 0.3) is 0 Å². The van der Waals surface area contributed by atoms with Crippen molar-refractivity contribution in [1.82, 2.24) is 25.3 Å². The van der Waals surface area contributed by atoms with Gasteiger partial charge < -0.3 is 29.9 Å². The first-order valence-electron chi connectivity index (χ1n) is 18.4. The van der Waals surface area contributed by atoms with Gasteiger partial charge in [0, 0.05) is 34.2 Å². The van der Waals surface area contributed by atoms with Crippen LogP contribution in [0.5, 0.6) is 0 Å². The largest absolute Gasteiger partial charge is 0.379 e. The molecular formula is C39H65N5O7. The number of nitrogens with one attached hydrogen (secondary N) is 2. The third-order valence-corrected chi connectivity index (χ3v) is 10.4. The second-order valence-electron chi connectivity index (χ2n) is 15.0. The molecule has 0 unspecified atom stereocenters. The van der Waals surface area contributed by atoms with Crippen molar-refractivity contribution in [2.75, 3.05) is 48.5 Å². The lowest BCUT2D eigenvalue weighted by Crippen LogP contribution is -2.59. The van der Waals surface area contributed by atoms with Crippen LogP contribution < -0.4 is 10.6 Å². The highest BCUT2D eigenvalue weighted by Crippen LogP contribution is 2.28. The molecule has 2 N–H and O–H groups in total. The minimum atomic E-state index is -0.785. The molecule has 0 aromatic heterocycles. The van der Waals surface area contributed by atoms with E-state index in [1.807, 2.05) is 90.9 Å². The molecule has 0 radical (unpaired) electrons. The van der Waals surface area contributed by atoms with Crippen molar-refractivity contribution in [3.8, 4) is 0 Å². The molecule has 12 heteroatoms. The Balaban J connectivity index is 2.26. The molecule has 1 aromatic carbocycles. The van der Waals surface area contributed by atoms with Crippen molar-refractivity contribution in [3.63, 3.8) is 0 Å². The predicted octanol–water partition coefficient (Wildman–Crippen LogP) is 3.17. The van der Waals surface area contributed by atoms with Crippen LogP contribution in [0.2, 0.25) is 0 Å². The summed E-state index contributed by atoms with van der Waals surface area (Å²) in [5.41, 5.74) is 1.11. The van der Waals surface area contributed by atoms with Gasteiger partial charge in [-0.15, -0.1) is 0 Å². The van der Waals surface area contributed by atoms with Gasteiger partial charge in [-0.1, -0.05) is 85.2 Å². The number of Topliss-reactive ketones (excluding diaryl/α,β-unsaturated/α-hetero) is 1. The van der Waals surface area contributed by atoms with Crippen molar-refractivity contribution < 1.29 is 33.4 Å². The van der Waals surface area contributed by atoms with E-state index in [-0.39, 0.29) is 66.6 Å². The molecule has 0 saturated carbocycles. The number of hydrogen-bond donors (Lipinski definition) is 2. The summed E-state index contributed by atoms with van der Waals surface area (Å²) in [4.78, 5) is 72.7. The average Bonchev–Trinajstić information content (AvgIpc) is 3.47. The molecule has 1 aliphatic heterocycles. The number of methoxy groups -OCH3 is 2. The van der Waals surface area contributed by atoms with Crippen LogP contribution in [0.1, 0.15) is 73.3 Å². The van der Waals surface area contributed by atoms with E-state index < -0.39 is 42.3 Å². The lowest BCUT2D eigenvalue weighted by molar-refractivity contribution is -0.148. The molecule has 288 valence electrons. The number of carbonyl (C=O) groups is 5. The summed E-state index contributed by atoms with van der Waals surface area (Å²) in [5, 5.41) is 5.99. The Labute approximate surface area is 306 Å². The summed E-state index contributed by atoms with van der Waals surface area (Å²) in [6, 6.07) is 7.53. The van der Waals surface area contributed by atoms with Crippen molar-refractivity contribution in [3.05, 3.63) is 35.9 Å². The Morgan fingerprint density at radius 3 is 2.06 bits per heavy atom. The molecule has 1 aromatic rings. The van der Waals surface area contributed by atoms with Crippen molar-refractivity contribution in [1.29, 1.82) is 0 Å². The fourth-order valence-electron chi connectivity index (χ4n) is 7.39. The molecule has 0 spiro atoms. The Bertz CT molecular complexity index is 1280.